The van der Waals surface area contributed by atoms with Crippen molar-refractivity contribution in [2.75, 3.05) is 19.8 Å². The molecule has 0 aliphatic carbocycles. The van der Waals surface area contributed by atoms with Crippen LogP contribution >= 0.6 is 0 Å². The molecule has 116 valence electrons. The lowest BCUT2D eigenvalue weighted by atomic mass is 9.77. The molecule has 2 atom stereocenters. The van der Waals surface area contributed by atoms with E-state index in [1.54, 1.807) is 0 Å². The van der Waals surface area contributed by atoms with Crippen LogP contribution in [0.15, 0.2) is 24.4 Å². The second-order valence-corrected chi connectivity index (χ2v) is 6.32. The molecule has 2 unspecified atom stereocenters. The SMILES string of the molecule is OC(CCc1ccccn1)C1CCOC2(CCOCC2)C1. The van der Waals surface area contributed by atoms with Crippen LogP contribution in [0.4, 0.5) is 0 Å². The van der Waals surface area contributed by atoms with Crippen LogP contribution in [0.25, 0.3) is 0 Å². The molecule has 21 heavy (non-hydrogen) atoms. The minimum atomic E-state index is -0.254. The number of nitrogens with zero attached hydrogens (tertiary/aromatic N) is 1. The summed E-state index contributed by atoms with van der Waals surface area (Å²) in [5.41, 5.74) is 1.03. The van der Waals surface area contributed by atoms with Gasteiger partial charge in [0.1, 0.15) is 0 Å². The highest BCUT2D eigenvalue weighted by atomic mass is 16.5. The third-order valence-electron chi connectivity index (χ3n) is 4.90. The molecule has 2 saturated heterocycles. The van der Waals surface area contributed by atoms with Crippen molar-refractivity contribution in [2.45, 2.75) is 50.2 Å². The zero-order valence-corrected chi connectivity index (χ0v) is 12.5. The molecule has 3 rings (SSSR count). The van der Waals surface area contributed by atoms with Gasteiger partial charge in [0.05, 0.1) is 11.7 Å². The predicted molar refractivity (Wildman–Crippen MR) is 80.0 cm³/mol. The number of aliphatic hydroxyl groups is 1. The van der Waals surface area contributed by atoms with E-state index in [0.29, 0.717) is 5.92 Å². The average molecular weight is 291 g/mol. The minimum absolute atomic E-state index is 0.0346. The molecule has 2 aliphatic rings. The van der Waals surface area contributed by atoms with Gasteiger partial charge in [-0.1, -0.05) is 6.07 Å². The van der Waals surface area contributed by atoms with Crippen molar-refractivity contribution in [2.24, 2.45) is 5.92 Å². The van der Waals surface area contributed by atoms with Crippen molar-refractivity contribution in [1.29, 1.82) is 0 Å². The summed E-state index contributed by atoms with van der Waals surface area (Å²) < 4.78 is 11.5. The van der Waals surface area contributed by atoms with Crippen LogP contribution in [0.3, 0.4) is 0 Å². The van der Waals surface area contributed by atoms with E-state index in [0.717, 1.165) is 64.0 Å². The molecule has 2 fully saturated rings. The quantitative estimate of drug-likeness (QED) is 0.925. The highest BCUT2D eigenvalue weighted by molar-refractivity contribution is 5.04. The van der Waals surface area contributed by atoms with E-state index in [-0.39, 0.29) is 11.7 Å². The van der Waals surface area contributed by atoms with Gasteiger partial charge in [-0.3, -0.25) is 4.98 Å². The highest BCUT2D eigenvalue weighted by Gasteiger charge is 2.40. The Morgan fingerprint density at radius 3 is 2.90 bits per heavy atom. The zero-order valence-electron chi connectivity index (χ0n) is 12.5. The smallest absolute Gasteiger partial charge is 0.0730 e. The first kappa shape index (κ1) is 14.9. The lowest BCUT2D eigenvalue weighted by Crippen LogP contribution is -2.46. The van der Waals surface area contributed by atoms with Gasteiger partial charge in [0.15, 0.2) is 0 Å². The molecule has 1 aromatic heterocycles. The Hall–Kier alpha value is -0.970. The van der Waals surface area contributed by atoms with Crippen molar-refractivity contribution < 1.29 is 14.6 Å². The summed E-state index contributed by atoms with van der Waals surface area (Å²) in [6, 6.07) is 5.95. The third-order valence-corrected chi connectivity index (χ3v) is 4.90. The van der Waals surface area contributed by atoms with Gasteiger partial charge in [-0.15, -0.1) is 0 Å². The third kappa shape index (κ3) is 3.82. The Kier molecular flexibility index (Phi) is 4.88. The lowest BCUT2D eigenvalue weighted by molar-refractivity contribution is -0.158. The molecule has 1 N–H and O–H groups in total. The van der Waals surface area contributed by atoms with E-state index in [4.69, 9.17) is 9.47 Å². The van der Waals surface area contributed by atoms with Crippen molar-refractivity contribution >= 4 is 0 Å². The first-order chi connectivity index (χ1) is 10.3. The monoisotopic (exact) mass is 291 g/mol. The van der Waals surface area contributed by atoms with E-state index < -0.39 is 0 Å². The fraction of sp³-hybridized carbons (Fsp3) is 0.706. The minimum Gasteiger partial charge on any atom is -0.393 e. The first-order valence-corrected chi connectivity index (χ1v) is 8.07. The molecule has 0 bridgehead atoms. The predicted octanol–water partition coefficient (Wildman–Crippen LogP) is 2.35. The van der Waals surface area contributed by atoms with Gasteiger partial charge in [0, 0.05) is 31.7 Å². The van der Waals surface area contributed by atoms with Gasteiger partial charge in [0.25, 0.3) is 0 Å². The van der Waals surface area contributed by atoms with E-state index >= 15 is 0 Å². The van der Waals surface area contributed by atoms with Crippen molar-refractivity contribution in [3.63, 3.8) is 0 Å². The lowest BCUT2D eigenvalue weighted by Gasteiger charge is -2.44. The Morgan fingerprint density at radius 1 is 1.29 bits per heavy atom. The number of pyridine rings is 1. The van der Waals surface area contributed by atoms with Crippen molar-refractivity contribution in [3.05, 3.63) is 30.1 Å². The molecular weight excluding hydrogens is 266 g/mol. The summed E-state index contributed by atoms with van der Waals surface area (Å²) in [7, 11) is 0. The van der Waals surface area contributed by atoms with Gasteiger partial charge in [-0.2, -0.15) is 0 Å². The second-order valence-electron chi connectivity index (χ2n) is 6.32. The van der Waals surface area contributed by atoms with E-state index in [9.17, 15) is 5.11 Å². The summed E-state index contributed by atoms with van der Waals surface area (Å²) in [6.07, 6.45) is 7.06. The molecule has 0 saturated carbocycles. The maximum absolute atomic E-state index is 10.5. The number of aryl methyl sites for hydroxylation is 1. The molecule has 1 spiro atoms. The zero-order chi connectivity index (χ0) is 14.5. The molecule has 0 aromatic carbocycles. The van der Waals surface area contributed by atoms with Crippen LogP contribution in [0.2, 0.25) is 0 Å². The van der Waals surface area contributed by atoms with Crippen LogP contribution in [-0.4, -0.2) is 41.6 Å². The van der Waals surface area contributed by atoms with E-state index in [1.165, 1.54) is 0 Å². The van der Waals surface area contributed by atoms with Crippen LogP contribution in [0.5, 0.6) is 0 Å². The fourth-order valence-corrected chi connectivity index (χ4v) is 3.56. The van der Waals surface area contributed by atoms with E-state index in [2.05, 4.69) is 4.98 Å². The number of hydrogen-bond donors (Lipinski definition) is 1. The van der Waals surface area contributed by atoms with Gasteiger partial charge in [-0.25, -0.2) is 0 Å². The molecule has 3 heterocycles. The van der Waals surface area contributed by atoms with Crippen molar-refractivity contribution in [1.82, 2.24) is 4.98 Å². The molecule has 0 amide bonds. The maximum atomic E-state index is 10.5. The first-order valence-electron chi connectivity index (χ1n) is 8.07. The highest BCUT2D eigenvalue weighted by Crippen LogP contribution is 2.38. The van der Waals surface area contributed by atoms with Crippen LogP contribution in [0, 0.1) is 5.92 Å². The molecule has 4 heteroatoms. The largest absolute Gasteiger partial charge is 0.393 e. The summed E-state index contributed by atoms with van der Waals surface area (Å²) in [6.45, 7) is 2.35. The Labute approximate surface area is 126 Å². The Bertz CT molecular complexity index is 425. The van der Waals surface area contributed by atoms with Gasteiger partial charge >= 0.3 is 0 Å². The average Bonchev–Trinajstić information content (AvgIpc) is 2.54. The fourth-order valence-electron chi connectivity index (χ4n) is 3.56. The molecular formula is C17H25NO3. The van der Waals surface area contributed by atoms with Gasteiger partial charge in [0.2, 0.25) is 0 Å². The molecule has 4 nitrogen and oxygen atoms in total. The summed E-state index contributed by atoms with van der Waals surface area (Å²) in [4.78, 5) is 4.33. The number of ether oxygens (including phenoxy) is 2. The number of aromatic nitrogens is 1. The molecule has 2 aliphatic heterocycles. The standard InChI is InChI=1S/C17H25NO3/c19-16(5-4-15-3-1-2-9-18-15)14-6-10-21-17(13-14)7-11-20-12-8-17/h1-3,9,14,16,19H,4-8,10-13H2. The second kappa shape index (κ2) is 6.86. The molecule has 1 aromatic rings. The number of hydrogen-bond acceptors (Lipinski definition) is 4. The molecule has 0 radical (unpaired) electrons. The Balaban J connectivity index is 1.53. The summed E-state index contributed by atoms with van der Waals surface area (Å²) in [5.74, 6) is 0.348. The Morgan fingerprint density at radius 2 is 2.14 bits per heavy atom. The van der Waals surface area contributed by atoms with Crippen LogP contribution < -0.4 is 0 Å². The van der Waals surface area contributed by atoms with E-state index in [1.807, 2.05) is 24.4 Å². The van der Waals surface area contributed by atoms with Crippen molar-refractivity contribution in [3.8, 4) is 0 Å². The van der Waals surface area contributed by atoms with Gasteiger partial charge in [-0.05, 0) is 56.6 Å². The van der Waals surface area contributed by atoms with Crippen LogP contribution in [-0.2, 0) is 15.9 Å². The van der Waals surface area contributed by atoms with Gasteiger partial charge < -0.3 is 14.6 Å². The summed E-state index contributed by atoms with van der Waals surface area (Å²) in [5, 5.41) is 10.5. The van der Waals surface area contributed by atoms with Crippen LogP contribution in [0.1, 0.15) is 37.8 Å². The number of rotatable bonds is 4. The number of aliphatic hydroxyl groups excluding tert-OH is 1. The topological polar surface area (TPSA) is 51.6 Å². The summed E-state index contributed by atoms with van der Waals surface area (Å²) >= 11 is 0. The maximum Gasteiger partial charge on any atom is 0.0730 e. The normalized spacial score (nSPS) is 26.6.